The molecule has 1 amide bonds. The third-order valence-electron chi connectivity index (χ3n) is 4.66. The highest BCUT2D eigenvalue weighted by Crippen LogP contribution is 2.24. The Hall–Kier alpha value is -1.40. The quantitative estimate of drug-likeness (QED) is 0.867. The summed E-state index contributed by atoms with van der Waals surface area (Å²) in [5.41, 5.74) is 0.405. The van der Waals surface area contributed by atoms with Crippen LogP contribution in [0.1, 0.15) is 55.8 Å². The molecule has 0 bridgehead atoms. The summed E-state index contributed by atoms with van der Waals surface area (Å²) in [4.78, 5) is 12.5. The molecule has 0 radical (unpaired) electrons. The van der Waals surface area contributed by atoms with Crippen LogP contribution in [0.15, 0.2) is 29.2 Å². The summed E-state index contributed by atoms with van der Waals surface area (Å²) in [5.74, 6) is 0.540. The van der Waals surface area contributed by atoms with Crippen molar-refractivity contribution in [3.8, 4) is 0 Å². The summed E-state index contributed by atoms with van der Waals surface area (Å²) in [6.45, 7) is 2.24. The molecular formula is C17H24N2O3S. The highest BCUT2D eigenvalue weighted by Gasteiger charge is 2.28. The van der Waals surface area contributed by atoms with Gasteiger partial charge in [-0.05, 0) is 62.6 Å². The maximum atomic E-state index is 12.4. The molecule has 1 aromatic rings. The Balaban J connectivity index is 1.67. The summed E-state index contributed by atoms with van der Waals surface area (Å²) in [7, 11) is -3.52. The second kappa shape index (κ2) is 6.61. The van der Waals surface area contributed by atoms with Crippen LogP contribution in [0, 0.1) is 5.92 Å². The fourth-order valence-corrected chi connectivity index (χ4v) is 4.32. The van der Waals surface area contributed by atoms with Gasteiger partial charge in [0.2, 0.25) is 10.0 Å². The average Bonchev–Trinajstić information content (AvgIpc) is 3.33. The standard InChI is InChI=1S/C17H24N2O3S/c1-12-5-7-14(8-6-12)18-17(20)13-3-2-4-16(11-13)23(21,22)19-15-9-10-15/h2-4,11-12,14-15,19H,5-10H2,1H3,(H,18,20). The number of carbonyl (C=O) groups excluding carboxylic acids is 1. The first-order valence-electron chi connectivity index (χ1n) is 8.37. The van der Waals surface area contributed by atoms with Crippen LogP contribution in [-0.4, -0.2) is 26.4 Å². The second-order valence-corrected chi connectivity index (χ2v) is 8.57. The molecule has 0 saturated heterocycles. The predicted molar refractivity (Wildman–Crippen MR) is 88.7 cm³/mol. The molecule has 0 heterocycles. The zero-order chi connectivity index (χ0) is 16.4. The second-order valence-electron chi connectivity index (χ2n) is 6.85. The molecule has 2 N–H and O–H groups in total. The van der Waals surface area contributed by atoms with Crippen molar-refractivity contribution in [3.63, 3.8) is 0 Å². The molecule has 2 fully saturated rings. The zero-order valence-corrected chi connectivity index (χ0v) is 14.2. The van der Waals surface area contributed by atoms with Crippen LogP contribution in [0.3, 0.4) is 0 Å². The molecule has 0 aromatic heterocycles. The Morgan fingerprint density at radius 1 is 1.04 bits per heavy atom. The minimum absolute atomic E-state index is 0.0571. The van der Waals surface area contributed by atoms with Gasteiger partial charge < -0.3 is 5.32 Å². The van der Waals surface area contributed by atoms with Gasteiger partial charge in [0.05, 0.1) is 4.90 Å². The highest BCUT2D eigenvalue weighted by molar-refractivity contribution is 7.89. The van der Waals surface area contributed by atoms with Crippen molar-refractivity contribution < 1.29 is 13.2 Å². The molecule has 6 heteroatoms. The van der Waals surface area contributed by atoms with Gasteiger partial charge in [-0.25, -0.2) is 13.1 Å². The number of hydrogen-bond donors (Lipinski definition) is 2. The van der Waals surface area contributed by atoms with Gasteiger partial charge in [0.1, 0.15) is 0 Å². The topological polar surface area (TPSA) is 75.3 Å². The van der Waals surface area contributed by atoms with Crippen LogP contribution in [0.2, 0.25) is 0 Å². The third kappa shape index (κ3) is 4.32. The fraction of sp³-hybridized carbons (Fsp3) is 0.588. The number of benzene rings is 1. The Morgan fingerprint density at radius 2 is 1.70 bits per heavy atom. The molecule has 2 aliphatic carbocycles. The maximum absolute atomic E-state index is 12.4. The maximum Gasteiger partial charge on any atom is 0.251 e. The van der Waals surface area contributed by atoms with Crippen LogP contribution < -0.4 is 10.0 Å². The molecule has 2 saturated carbocycles. The Morgan fingerprint density at radius 3 is 2.35 bits per heavy atom. The van der Waals surface area contributed by atoms with E-state index in [9.17, 15) is 13.2 Å². The SMILES string of the molecule is CC1CCC(NC(=O)c2cccc(S(=O)(=O)NC3CC3)c2)CC1. The Labute approximate surface area is 137 Å². The minimum atomic E-state index is -3.52. The van der Waals surface area contributed by atoms with E-state index in [1.54, 1.807) is 12.1 Å². The van der Waals surface area contributed by atoms with E-state index in [-0.39, 0.29) is 22.9 Å². The van der Waals surface area contributed by atoms with Crippen LogP contribution in [-0.2, 0) is 10.0 Å². The molecule has 1 aromatic carbocycles. The van der Waals surface area contributed by atoms with Gasteiger partial charge in [0.15, 0.2) is 0 Å². The largest absolute Gasteiger partial charge is 0.349 e. The smallest absolute Gasteiger partial charge is 0.251 e. The van der Waals surface area contributed by atoms with Gasteiger partial charge in [-0.15, -0.1) is 0 Å². The number of nitrogens with one attached hydrogen (secondary N) is 2. The Kier molecular flexibility index (Phi) is 4.73. The van der Waals surface area contributed by atoms with E-state index >= 15 is 0 Å². The lowest BCUT2D eigenvalue weighted by Crippen LogP contribution is -2.37. The van der Waals surface area contributed by atoms with Gasteiger partial charge in [-0.1, -0.05) is 13.0 Å². The third-order valence-corrected chi connectivity index (χ3v) is 6.17. The van der Waals surface area contributed by atoms with Crippen molar-refractivity contribution in [3.05, 3.63) is 29.8 Å². The number of amides is 1. The lowest BCUT2D eigenvalue weighted by molar-refractivity contribution is 0.0923. The number of hydrogen-bond acceptors (Lipinski definition) is 3. The van der Waals surface area contributed by atoms with Gasteiger partial charge in [-0.2, -0.15) is 0 Å². The molecule has 23 heavy (non-hydrogen) atoms. The summed E-state index contributed by atoms with van der Waals surface area (Å²) >= 11 is 0. The normalized spacial score (nSPS) is 25.1. The van der Waals surface area contributed by atoms with Crippen LogP contribution in [0.4, 0.5) is 0 Å². The first-order valence-corrected chi connectivity index (χ1v) is 9.85. The molecule has 0 spiro atoms. The summed E-state index contributed by atoms with van der Waals surface area (Å²) in [5, 5.41) is 3.03. The molecule has 0 unspecified atom stereocenters. The molecule has 0 aliphatic heterocycles. The predicted octanol–water partition coefficient (Wildman–Crippen LogP) is 2.44. The van der Waals surface area contributed by atoms with Crippen molar-refractivity contribution >= 4 is 15.9 Å². The molecule has 0 atom stereocenters. The Bertz CT molecular complexity index is 675. The van der Waals surface area contributed by atoms with Crippen molar-refractivity contribution in [1.82, 2.24) is 10.0 Å². The van der Waals surface area contributed by atoms with E-state index in [1.165, 1.54) is 12.1 Å². The van der Waals surface area contributed by atoms with E-state index < -0.39 is 10.0 Å². The van der Waals surface area contributed by atoms with Crippen LogP contribution in [0.25, 0.3) is 0 Å². The summed E-state index contributed by atoms with van der Waals surface area (Å²) in [6.07, 6.45) is 6.02. The first kappa shape index (κ1) is 16.5. The molecule has 126 valence electrons. The molecule has 3 rings (SSSR count). The summed E-state index contributed by atoms with van der Waals surface area (Å²) in [6, 6.07) is 6.54. The van der Waals surface area contributed by atoms with E-state index in [2.05, 4.69) is 17.0 Å². The van der Waals surface area contributed by atoms with Crippen LogP contribution >= 0.6 is 0 Å². The average molecular weight is 336 g/mol. The van der Waals surface area contributed by atoms with Gasteiger partial charge in [0.25, 0.3) is 5.91 Å². The van der Waals surface area contributed by atoms with Crippen molar-refractivity contribution in [1.29, 1.82) is 0 Å². The van der Waals surface area contributed by atoms with Crippen molar-refractivity contribution in [2.45, 2.75) is 62.4 Å². The first-order chi connectivity index (χ1) is 10.9. The molecule has 5 nitrogen and oxygen atoms in total. The lowest BCUT2D eigenvalue weighted by Gasteiger charge is -2.26. The lowest BCUT2D eigenvalue weighted by atomic mass is 9.87. The van der Waals surface area contributed by atoms with Crippen molar-refractivity contribution in [2.75, 3.05) is 0 Å². The monoisotopic (exact) mass is 336 g/mol. The van der Waals surface area contributed by atoms with Gasteiger partial charge >= 0.3 is 0 Å². The van der Waals surface area contributed by atoms with Crippen molar-refractivity contribution in [2.24, 2.45) is 5.92 Å². The highest BCUT2D eigenvalue weighted by atomic mass is 32.2. The number of rotatable bonds is 5. The molecule has 2 aliphatic rings. The number of carbonyl (C=O) groups is 1. The van der Waals surface area contributed by atoms with E-state index in [1.807, 2.05) is 0 Å². The zero-order valence-electron chi connectivity index (χ0n) is 13.4. The molecular weight excluding hydrogens is 312 g/mol. The number of sulfonamides is 1. The van der Waals surface area contributed by atoms with Gasteiger partial charge in [-0.3, -0.25) is 4.79 Å². The van der Waals surface area contributed by atoms with E-state index in [4.69, 9.17) is 0 Å². The van der Waals surface area contributed by atoms with Crippen LogP contribution in [0.5, 0.6) is 0 Å². The van der Waals surface area contributed by atoms with E-state index in [0.717, 1.165) is 44.4 Å². The van der Waals surface area contributed by atoms with Gasteiger partial charge in [0, 0.05) is 17.6 Å². The van der Waals surface area contributed by atoms with E-state index in [0.29, 0.717) is 5.56 Å². The minimum Gasteiger partial charge on any atom is -0.349 e. The summed E-state index contributed by atoms with van der Waals surface area (Å²) < 4.78 is 27.1. The fourth-order valence-electron chi connectivity index (χ4n) is 2.97.